The number of carboxylic acid groups (broad SMARTS) is 1. The fourth-order valence-corrected chi connectivity index (χ4v) is 2.09. The molecule has 112 valence electrons. The molecule has 0 aromatic heterocycles. The molecule has 0 bridgehead atoms. The zero-order valence-corrected chi connectivity index (χ0v) is 11.7. The molecule has 0 fully saturated rings. The maximum atomic E-state index is 10.5. The highest BCUT2D eigenvalue weighted by atomic mass is 16.4. The molecular formula is C17H21NO3. The van der Waals surface area contributed by atoms with Gasteiger partial charge in [0.25, 0.3) is 0 Å². The Morgan fingerprint density at radius 3 is 2.48 bits per heavy atom. The average molecular weight is 287 g/mol. The van der Waals surface area contributed by atoms with E-state index >= 15 is 0 Å². The number of anilines is 1. The summed E-state index contributed by atoms with van der Waals surface area (Å²) in [6.07, 6.45) is 1.62. The van der Waals surface area contributed by atoms with Crippen LogP contribution in [-0.4, -0.2) is 16.2 Å². The van der Waals surface area contributed by atoms with Gasteiger partial charge in [0.05, 0.1) is 0 Å². The van der Waals surface area contributed by atoms with Crippen LogP contribution in [0.3, 0.4) is 0 Å². The van der Waals surface area contributed by atoms with E-state index in [0.717, 1.165) is 23.2 Å². The van der Waals surface area contributed by atoms with E-state index in [-0.39, 0.29) is 13.6 Å². The number of carboxylic acids is 1. The number of rotatable bonds is 7. The normalized spacial score (nSPS) is 10.3. The van der Waals surface area contributed by atoms with Crippen molar-refractivity contribution in [1.82, 2.24) is 0 Å². The lowest BCUT2D eigenvalue weighted by Gasteiger charge is -2.09. The summed E-state index contributed by atoms with van der Waals surface area (Å²) in [5.74, 6) is -0.466. The topological polar surface area (TPSA) is 69.6 Å². The first-order valence-electron chi connectivity index (χ1n) is 6.96. The molecule has 0 radical (unpaired) electrons. The molecule has 2 rings (SSSR count). The largest absolute Gasteiger partial charge is 0.508 e. The van der Waals surface area contributed by atoms with Gasteiger partial charge in [0, 0.05) is 25.6 Å². The summed E-state index contributed by atoms with van der Waals surface area (Å²) >= 11 is 0. The number of hydrogen-bond donors (Lipinski definition) is 3. The number of nitrogens with one attached hydrogen (secondary N) is 1. The molecule has 0 atom stereocenters. The maximum Gasteiger partial charge on any atom is 0.303 e. The number of hydrogen-bond acceptors (Lipinski definition) is 3. The van der Waals surface area contributed by atoms with Crippen LogP contribution in [0.2, 0.25) is 0 Å². The molecule has 2 aromatic rings. The Morgan fingerprint density at radius 1 is 1.10 bits per heavy atom. The number of aliphatic carboxylic acids is 1. The Labute approximate surface area is 125 Å². The van der Waals surface area contributed by atoms with E-state index in [2.05, 4.69) is 5.32 Å². The summed E-state index contributed by atoms with van der Waals surface area (Å²) in [7, 11) is 0. The van der Waals surface area contributed by atoms with E-state index in [9.17, 15) is 9.90 Å². The van der Waals surface area contributed by atoms with Crippen LogP contribution in [0.15, 0.2) is 48.5 Å². The summed E-state index contributed by atoms with van der Waals surface area (Å²) < 4.78 is 0. The van der Waals surface area contributed by atoms with Gasteiger partial charge in [-0.15, -0.1) is 0 Å². The number of para-hydroxylation sites is 1. The molecule has 0 saturated heterocycles. The number of benzene rings is 2. The third kappa shape index (κ3) is 4.84. The van der Waals surface area contributed by atoms with E-state index in [1.165, 1.54) is 0 Å². The van der Waals surface area contributed by atoms with Crippen LogP contribution >= 0.6 is 0 Å². The number of phenols is 1. The minimum Gasteiger partial charge on any atom is -0.508 e. The molecule has 21 heavy (non-hydrogen) atoms. The van der Waals surface area contributed by atoms with Crippen molar-refractivity contribution in [1.29, 1.82) is 0 Å². The molecule has 0 heterocycles. The summed E-state index contributed by atoms with van der Waals surface area (Å²) in [5, 5.41) is 21.5. The third-order valence-corrected chi connectivity index (χ3v) is 3.28. The first-order chi connectivity index (χ1) is 10.1. The summed E-state index contributed by atoms with van der Waals surface area (Å²) in [6.45, 7) is 0.561. The quantitative estimate of drug-likeness (QED) is 0.727. The Morgan fingerprint density at radius 2 is 1.81 bits per heavy atom. The average Bonchev–Trinajstić information content (AvgIpc) is 2.47. The molecule has 0 aliphatic rings. The number of phenolic OH excluding ortho intramolecular Hbond substituents is 1. The monoisotopic (exact) mass is 287 g/mol. The Balaban J connectivity index is 0.00000242. The predicted octanol–water partition coefficient (Wildman–Crippen LogP) is 3.66. The van der Waals surface area contributed by atoms with E-state index in [1.54, 1.807) is 12.1 Å². The van der Waals surface area contributed by atoms with Crippen LogP contribution in [0.1, 0.15) is 25.4 Å². The van der Waals surface area contributed by atoms with Gasteiger partial charge in [0.15, 0.2) is 0 Å². The number of aryl methyl sites for hydroxylation is 1. The van der Waals surface area contributed by atoms with Crippen LogP contribution in [0.5, 0.6) is 5.75 Å². The summed E-state index contributed by atoms with van der Waals surface area (Å²) in [5.41, 5.74) is 2.95. The second-order valence-corrected chi connectivity index (χ2v) is 4.93. The fourth-order valence-electron chi connectivity index (χ4n) is 2.09. The van der Waals surface area contributed by atoms with Crippen molar-refractivity contribution in [2.45, 2.75) is 25.8 Å². The van der Waals surface area contributed by atoms with Crippen molar-refractivity contribution in [2.75, 3.05) is 5.32 Å². The molecule has 0 saturated carbocycles. The van der Waals surface area contributed by atoms with Gasteiger partial charge in [-0.25, -0.2) is 0 Å². The molecule has 3 N–H and O–H groups in total. The maximum absolute atomic E-state index is 10.5. The van der Waals surface area contributed by atoms with E-state index in [4.69, 9.17) is 5.11 Å². The van der Waals surface area contributed by atoms with E-state index in [1.807, 2.05) is 36.4 Å². The zero-order valence-electron chi connectivity index (χ0n) is 11.7. The molecule has 0 aliphatic carbocycles. The lowest BCUT2D eigenvalue weighted by atomic mass is 10.1. The number of aromatic hydroxyl groups is 1. The van der Waals surface area contributed by atoms with E-state index < -0.39 is 5.97 Å². The van der Waals surface area contributed by atoms with Gasteiger partial charge in [0.1, 0.15) is 5.75 Å². The molecule has 0 amide bonds. The van der Waals surface area contributed by atoms with Crippen molar-refractivity contribution >= 4 is 11.7 Å². The van der Waals surface area contributed by atoms with Gasteiger partial charge in [-0.1, -0.05) is 30.3 Å². The van der Waals surface area contributed by atoms with Gasteiger partial charge in [-0.3, -0.25) is 4.79 Å². The van der Waals surface area contributed by atoms with Gasteiger partial charge < -0.3 is 15.5 Å². The first-order valence-corrected chi connectivity index (χ1v) is 6.96. The smallest absolute Gasteiger partial charge is 0.303 e. The van der Waals surface area contributed by atoms with Crippen LogP contribution in [0.25, 0.3) is 0 Å². The zero-order chi connectivity index (χ0) is 15.1. The Hall–Kier alpha value is -2.49. The first kappa shape index (κ1) is 14.9. The third-order valence-electron chi connectivity index (χ3n) is 3.28. The highest BCUT2D eigenvalue weighted by Crippen LogP contribution is 2.18. The minimum atomic E-state index is -0.754. The Bertz CT molecular complexity index is 599. The van der Waals surface area contributed by atoms with Gasteiger partial charge in [-0.05, 0) is 36.6 Å². The van der Waals surface area contributed by atoms with Crippen molar-refractivity contribution < 1.29 is 16.4 Å². The van der Waals surface area contributed by atoms with E-state index in [0.29, 0.717) is 13.0 Å². The molecular weight excluding hydrogens is 266 g/mol. The molecule has 4 heteroatoms. The minimum absolute atomic E-state index is 0. The van der Waals surface area contributed by atoms with Crippen molar-refractivity contribution in [3.63, 3.8) is 0 Å². The van der Waals surface area contributed by atoms with Crippen LogP contribution in [0.4, 0.5) is 5.69 Å². The van der Waals surface area contributed by atoms with Crippen LogP contribution < -0.4 is 5.32 Å². The molecule has 0 spiro atoms. The SMILES string of the molecule is O=C(O)CCCc1ccc(NCc2ccccc2O)cc1.[HH]. The lowest BCUT2D eigenvalue weighted by molar-refractivity contribution is -0.137. The second kappa shape index (κ2) is 7.33. The van der Waals surface area contributed by atoms with Gasteiger partial charge in [0.2, 0.25) is 0 Å². The highest BCUT2D eigenvalue weighted by Gasteiger charge is 2.01. The fraction of sp³-hybridized carbons (Fsp3) is 0.235. The van der Waals surface area contributed by atoms with Crippen molar-refractivity contribution in [3.8, 4) is 5.75 Å². The Kier molecular flexibility index (Phi) is 5.21. The van der Waals surface area contributed by atoms with Crippen molar-refractivity contribution in [2.24, 2.45) is 0 Å². The summed E-state index contributed by atoms with van der Waals surface area (Å²) in [6, 6.07) is 15.2. The molecule has 4 nitrogen and oxygen atoms in total. The molecule has 0 aliphatic heterocycles. The van der Waals surface area contributed by atoms with Gasteiger partial charge >= 0.3 is 5.97 Å². The summed E-state index contributed by atoms with van der Waals surface area (Å²) in [4.78, 5) is 10.5. The van der Waals surface area contributed by atoms with Gasteiger partial charge in [-0.2, -0.15) is 0 Å². The lowest BCUT2D eigenvalue weighted by Crippen LogP contribution is -2.00. The predicted molar refractivity (Wildman–Crippen MR) is 84.6 cm³/mol. The number of carbonyl (C=O) groups is 1. The van der Waals surface area contributed by atoms with Crippen LogP contribution in [-0.2, 0) is 17.8 Å². The second-order valence-electron chi connectivity index (χ2n) is 4.93. The standard InChI is InChI=1S/C17H19NO3.H2/c19-16-6-2-1-5-14(16)12-18-15-10-8-13(9-11-15)4-3-7-17(20)21;/h1-2,5-6,8-11,18-19H,3-4,7,12H2,(H,20,21);1H. The van der Waals surface area contributed by atoms with Crippen molar-refractivity contribution in [3.05, 3.63) is 59.7 Å². The molecule has 0 unspecified atom stereocenters. The highest BCUT2D eigenvalue weighted by molar-refractivity contribution is 5.66. The van der Waals surface area contributed by atoms with Crippen LogP contribution in [0, 0.1) is 0 Å². The molecule has 2 aromatic carbocycles.